The van der Waals surface area contributed by atoms with E-state index in [0.717, 1.165) is 152 Å². The molecule has 0 radical (unpaired) electrons. The molecule has 0 aromatic heterocycles. The van der Waals surface area contributed by atoms with Crippen LogP contribution in [0, 0.1) is 67.0 Å². The van der Waals surface area contributed by atoms with Crippen LogP contribution in [0.25, 0.3) is 27.1 Å². The van der Waals surface area contributed by atoms with E-state index in [0.29, 0.717) is 67.0 Å². The molecule has 4 aliphatic heterocycles. The number of ether oxygens (including phenoxy) is 13. The van der Waals surface area contributed by atoms with Crippen LogP contribution in [0.4, 0.5) is 40.8 Å². The van der Waals surface area contributed by atoms with Crippen molar-refractivity contribution in [3.63, 3.8) is 0 Å². The topological polar surface area (TPSA) is 199 Å². The Labute approximate surface area is 708 Å². The third-order valence-electron chi connectivity index (χ3n) is 22.1. The van der Waals surface area contributed by atoms with Crippen molar-refractivity contribution in [1.82, 2.24) is 0 Å². The number of halogens is 8. The molecule has 0 saturated carbocycles. The molecular weight excluding hydrogens is 1580 g/mol. The van der Waals surface area contributed by atoms with Gasteiger partial charge in [0, 0.05) is 38.5 Å². The molecule has 0 bridgehead atoms. The van der Waals surface area contributed by atoms with E-state index in [1.807, 2.05) is 64.1 Å². The monoisotopic (exact) mass is 1700 g/mol. The van der Waals surface area contributed by atoms with Gasteiger partial charge in [-0.05, 0) is 171 Å². The van der Waals surface area contributed by atoms with E-state index in [1.165, 1.54) is 37.5 Å². The number of aryl methyl sites for hydroxylation is 2. The second-order valence-corrected chi connectivity index (χ2v) is 32.5. The highest BCUT2D eigenvalue weighted by Crippen LogP contribution is 2.44. The molecule has 4 heterocycles. The second kappa shape index (κ2) is 49.6. The van der Waals surface area contributed by atoms with Crippen molar-refractivity contribution in [3.8, 4) is 51.0 Å². The largest absolute Gasteiger partial charge is 0.493 e. The summed E-state index contributed by atoms with van der Waals surface area (Å²) >= 11 is 0. The number of hydrogen-bond donors (Lipinski definition) is 2. The molecule has 14 atom stereocenters. The lowest BCUT2D eigenvalue weighted by molar-refractivity contribution is -0.272. The predicted molar refractivity (Wildman–Crippen MR) is 443 cm³/mol. The van der Waals surface area contributed by atoms with E-state index < -0.39 is 93.3 Å². The van der Waals surface area contributed by atoms with Crippen LogP contribution in [0.1, 0.15) is 273 Å². The number of carbonyl (C=O) groups excluding carboxylic acids is 2. The summed E-state index contributed by atoms with van der Waals surface area (Å²) in [6.45, 7) is 24.6. The molecule has 4 aliphatic rings. The first-order chi connectivity index (χ1) is 58.2. The third kappa shape index (κ3) is 30.0. The fourth-order valence-electron chi connectivity index (χ4n) is 15.8. The van der Waals surface area contributed by atoms with E-state index in [4.69, 9.17) is 68.2 Å². The number of esters is 2. The highest BCUT2D eigenvalue weighted by atomic mass is 19.2. The fourth-order valence-corrected chi connectivity index (χ4v) is 15.8. The number of unbranched alkanes of at least 4 members (excludes halogenated alkanes) is 15. The van der Waals surface area contributed by atoms with Gasteiger partial charge in [0.1, 0.15) is 28.4 Å². The first kappa shape index (κ1) is 97.0. The summed E-state index contributed by atoms with van der Waals surface area (Å²) in [4.78, 5) is 29.8. The number of rotatable bonds is 44. The van der Waals surface area contributed by atoms with E-state index in [9.17, 15) is 37.4 Å². The number of nitrogens with zero attached hydrogens (tertiary/aromatic N) is 1. The number of benzene rings is 6. The van der Waals surface area contributed by atoms with Gasteiger partial charge < -0.3 is 71.8 Å². The minimum atomic E-state index is -2.48. The SMILES string of the molecule is CCCCOc1c(F)c(F)c(-c2c(F)c(F)c(OC(=O)c3ccc(C)cc3OCCCCCCCCCCC3OC(CC(C)O)CC(CC4CC(CC)OC(C)O4)O3)c(F)c2F)c(F)c1F.[C-]#[N+]c1ccc(-c2ccc(OC(=O)c3ccc(C)cc3OCCCCCCCCCCC3OC(CC(C)O)CC(CC4CC(CC)OC(C)O4)O3)cc2)cc1. The lowest BCUT2D eigenvalue weighted by Gasteiger charge is -2.40. The predicted octanol–water partition coefficient (Wildman–Crippen LogP) is 23.6. The van der Waals surface area contributed by atoms with Crippen LogP contribution < -0.4 is 23.7 Å². The van der Waals surface area contributed by atoms with Crippen LogP contribution in [0.5, 0.6) is 28.7 Å². The summed E-state index contributed by atoms with van der Waals surface area (Å²) < 4.78 is 197. The molecule has 0 aliphatic carbocycles. The second-order valence-electron chi connectivity index (χ2n) is 32.5. The minimum Gasteiger partial charge on any atom is -0.493 e. The van der Waals surface area contributed by atoms with Crippen LogP contribution in [0.15, 0.2) is 84.9 Å². The maximum absolute atomic E-state index is 15.3. The average Bonchev–Trinajstić information content (AvgIpc) is 0.743. The van der Waals surface area contributed by atoms with Gasteiger partial charge in [-0.3, -0.25) is 0 Å². The van der Waals surface area contributed by atoms with Gasteiger partial charge in [-0.2, -0.15) is 17.6 Å². The zero-order valence-corrected chi connectivity index (χ0v) is 71.5. The quantitative estimate of drug-likeness (QED) is 0.00913. The summed E-state index contributed by atoms with van der Waals surface area (Å²) in [7, 11) is 0. The summed E-state index contributed by atoms with van der Waals surface area (Å²) in [6.07, 6.45) is 25.0. The molecule has 26 heteroatoms. The van der Waals surface area contributed by atoms with Gasteiger partial charge in [0.15, 0.2) is 59.9 Å². The first-order valence-electron chi connectivity index (χ1n) is 43.7. The minimum absolute atomic E-state index is 0.00443. The van der Waals surface area contributed by atoms with Crippen LogP contribution in [-0.4, -0.2) is 128 Å². The molecule has 4 saturated heterocycles. The van der Waals surface area contributed by atoms with Gasteiger partial charge in [0.25, 0.3) is 0 Å². The van der Waals surface area contributed by atoms with Crippen molar-refractivity contribution in [2.75, 3.05) is 19.8 Å². The molecule has 18 nitrogen and oxygen atoms in total. The van der Waals surface area contributed by atoms with Gasteiger partial charge in [0.05, 0.1) is 98.6 Å². The Balaban J connectivity index is 0.000000279. The molecule has 666 valence electrons. The van der Waals surface area contributed by atoms with Gasteiger partial charge in [-0.25, -0.2) is 32.0 Å². The average molecular weight is 1700 g/mol. The van der Waals surface area contributed by atoms with E-state index >= 15 is 17.6 Å². The van der Waals surface area contributed by atoms with Crippen molar-refractivity contribution in [1.29, 1.82) is 0 Å². The fraction of sp³-hybridized carbons (Fsp3) is 0.589. The van der Waals surface area contributed by atoms with Crippen LogP contribution in [0.2, 0.25) is 0 Å². The Morgan fingerprint density at radius 3 is 1.17 bits per heavy atom. The first-order valence-corrected chi connectivity index (χ1v) is 43.7. The number of aliphatic hydroxyl groups is 2. The zero-order chi connectivity index (χ0) is 87.1. The van der Waals surface area contributed by atoms with E-state index in [1.54, 1.807) is 51.1 Å². The highest BCUT2D eigenvalue weighted by Gasteiger charge is 2.40. The Kier molecular flexibility index (Phi) is 39.8. The Morgan fingerprint density at radius 2 is 0.769 bits per heavy atom. The smallest absolute Gasteiger partial charge is 0.347 e. The third-order valence-corrected chi connectivity index (χ3v) is 22.1. The maximum atomic E-state index is 15.3. The lowest BCUT2D eigenvalue weighted by Crippen LogP contribution is -2.43. The van der Waals surface area contributed by atoms with Crippen LogP contribution in [0.3, 0.4) is 0 Å². The van der Waals surface area contributed by atoms with Gasteiger partial charge >= 0.3 is 11.9 Å². The molecular formula is C95H123F8NO17. The van der Waals surface area contributed by atoms with Gasteiger partial charge in [-0.1, -0.05) is 153 Å². The summed E-state index contributed by atoms with van der Waals surface area (Å²) in [6, 6.07) is 24.5. The van der Waals surface area contributed by atoms with E-state index in [-0.39, 0.29) is 105 Å². The summed E-state index contributed by atoms with van der Waals surface area (Å²) in [5.41, 5.74) is 0.105. The number of aliphatic hydroxyl groups excluding tert-OH is 2. The molecule has 14 unspecified atom stereocenters. The standard InChI is InChI=1S/C49H62F8O9.C46H61NO8/c1-6-8-20-61-47-43(54)39(50)37(40(51)44(47)55)38-41(52)45(56)48(46(57)42(38)53)66-49(59)34-19-18-27(3)22-35(34)60-21-16-14-12-10-9-11-13-15-17-36-64-31(23-28(4)58)25-33(65-36)26-32-24-30(7-2)62-29(5)63-32;1-6-38-29-41(52-34(4)51-38)31-42-30-40(28-33(3)48)53-45(54-42)15-13-11-9-7-8-10-12-14-26-50-44-27-32(2)16-25-43(44)46(49)55-39-23-19-36(20-24-39)35-17-21-37(47-5)22-18-35/h18-19,22,28-33,36,58H,6-17,20-21,23-26H2,1-5H3;16-25,27,33-34,38,40-42,45,48H,6-15,26,28-31H2,1-4H3. The number of carbonyl (C=O) groups is 2. The van der Waals surface area contributed by atoms with Gasteiger partial charge in [0.2, 0.25) is 29.0 Å². The van der Waals surface area contributed by atoms with Crippen LogP contribution >= 0.6 is 0 Å². The molecule has 0 spiro atoms. The van der Waals surface area contributed by atoms with Crippen molar-refractivity contribution >= 4 is 17.6 Å². The Bertz CT molecular complexity index is 4190. The van der Waals surface area contributed by atoms with E-state index in [2.05, 4.69) is 18.7 Å². The van der Waals surface area contributed by atoms with Crippen molar-refractivity contribution in [2.45, 2.75) is 341 Å². The molecule has 0 amide bonds. The molecule has 10 rings (SSSR count). The van der Waals surface area contributed by atoms with Crippen molar-refractivity contribution in [3.05, 3.63) is 165 Å². The van der Waals surface area contributed by atoms with Gasteiger partial charge in [-0.15, -0.1) is 0 Å². The highest BCUT2D eigenvalue weighted by molar-refractivity contribution is 5.95. The maximum Gasteiger partial charge on any atom is 0.347 e. The lowest BCUT2D eigenvalue weighted by atomic mass is 9.96. The molecule has 2 N–H and O–H groups in total. The Hall–Kier alpha value is -7.81. The molecule has 121 heavy (non-hydrogen) atoms. The van der Waals surface area contributed by atoms with Crippen molar-refractivity contribution in [2.24, 2.45) is 0 Å². The van der Waals surface area contributed by atoms with Crippen LogP contribution in [-0.2, 0) is 37.9 Å². The Morgan fingerprint density at radius 1 is 0.421 bits per heavy atom. The normalized spacial score (nSPS) is 22.2. The molecule has 6 aromatic carbocycles. The number of hydrogen-bond acceptors (Lipinski definition) is 17. The molecule has 4 fully saturated rings. The molecule has 6 aromatic rings. The zero-order valence-electron chi connectivity index (χ0n) is 71.5. The summed E-state index contributed by atoms with van der Waals surface area (Å²) in [5.74, 6) is -23.2. The summed E-state index contributed by atoms with van der Waals surface area (Å²) in [5, 5.41) is 20.1. The van der Waals surface area contributed by atoms with Crippen molar-refractivity contribution < 1.29 is 117 Å².